The highest BCUT2D eigenvalue weighted by Gasteiger charge is 2.47. The summed E-state index contributed by atoms with van der Waals surface area (Å²) in [5, 5.41) is 9.45. The number of unbranched alkanes of at least 4 members (excludes halogenated alkanes) is 3. The molecule has 160 valence electrons. The van der Waals surface area contributed by atoms with Gasteiger partial charge in [-0.25, -0.2) is 9.18 Å². The van der Waals surface area contributed by atoms with E-state index in [9.17, 15) is 9.90 Å². The van der Waals surface area contributed by atoms with E-state index in [1.165, 1.54) is 19.3 Å². The number of benzene rings is 1. The largest absolute Gasteiger partial charge is 0.487 e. The maximum Gasteiger partial charge on any atom is 0.331 e. The van der Waals surface area contributed by atoms with Crippen LogP contribution in [-0.2, 0) is 10.2 Å². The fraction of sp³-hybridized carbons (Fsp3) is 0.640. The molecule has 2 aliphatic rings. The second kappa shape index (κ2) is 8.12. The van der Waals surface area contributed by atoms with Crippen LogP contribution < -0.4 is 4.74 Å². The first kappa shape index (κ1) is 21.9. The van der Waals surface area contributed by atoms with Crippen LogP contribution in [-0.4, -0.2) is 16.7 Å². The van der Waals surface area contributed by atoms with Crippen LogP contribution in [0.25, 0.3) is 0 Å². The topological polar surface area (TPSA) is 46.5 Å². The Morgan fingerprint density at radius 1 is 1.28 bits per heavy atom. The van der Waals surface area contributed by atoms with E-state index in [1.807, 2.05) is 19.9 Å². The number of carboxylic acid groups (broad SMARTS) is 1. The van der Waals surface area contributed by atoms with Crippen LogP contribution in [0.15, 0.2) is 23.8 Å². The summed E-state index contributed by atoms with van der Waals surface area (Å²) in [6.07, 6.45) is 8.51. The molecule has 0 radical (unpaired) electrons. The molecule has 1 aliphatic heterocycles. The van der Waals surface area contributed by atoms with Gasteiger partial charge in [-0.15, -0.1) is 0 Å². The number of ether oxygens (including phenoxy) is 1. The van der Waals surface area contributed by atoms with Crippen LogP contribution in [0.1, 0.15) is 96.6 Å². The van der Waals surface area contributed by atoms with Crippen LogP contribution >= 0.6 is 0 Å². The van der Waals surface area contributed by atoms with Crippen molar-refractivity contribution in [1.29, 1.82) is 0 Å². The number of carbonyl (C=O) groups is 1. The Hall–Kier alpha value is -1.84. The highest BCUT2D eigenvalue weighted by molar-refractivity contribution is 5.87. The van der Waals surface area contributed by atoms with Gasteiger partial charge in [0.1, 0.15) is 17.2 Å². The molecule has 0 amide bonds. The van der Waals surface area contributed by atoms with Gasteiger partial charge in [-0.1, -0.05) is 52.5 Å². The van der Waals surface area contributed by atoms with Gasteiger partial charge in [-0.3, -0.25) is 0 Å². The lowest BCUT2D eigenvalue weighted by atomic mass is 9.66. The van der Waals surface area contributed by atoms with Gasteiger partial charge < -0.3 is 9.84 Å². The van der Waals surface area contributed by atoms with Gasteiger partial charge >= 0.3 is 5.97 Å². The average Bonchev–Trinajstić information content (AvgIpc) is 2.64. The quantitative estimate of drug-likeness (QED) is 0.513. The minimum Gasteiger partial charge on any atom is -0.487 e. The molecule has 3 nitrogen and oxygen atoms in total. The third kappa shape index (κ3) is 4.36. The van der Waals surface area contributed by atoms with E-state index in [-0.39, 0.29) is 23.1 Å². The zero-order valence-electron chi connectivity index (χ0n) is 18.5. The Balaban J connectivity index is 1.95. The summed E-state index contributed by atoms with van der Waals surface area (Å²) in [5.74, 6) is -0.651. The molecule has 3 rings (SSSR count). The molecule has 4 heteroatoms. The summed E-state index contributed by atoms with van der Waals surface area (Å²) in [6, 6.07) is 3.67. The van der Waals surface area contributed by atoms with E-state index in [2.05, 4.69) is 20.8 Å². The van der Waals surface area contributed by atoms with Gasteiger partial charge in [0, 0.05) is 23.0 Å². The normalized spacial score (nSPS) is 22.9. The Morgan fingerprint density at radius 3 is 2.66 bits per heavy atom. The molecule has 2 atom stereocenters. The van der Waals surface area contributed by atoms with Crippen molar-refractivity contribution < 1.29 is 19.0 Å². The molecule has 1 aliphatic carbocycles. The van der Waals surface area contributed by atoms with Crippen molar-refractivity contribution in [2.45, 2.75) is 96.5 Å². The Morgan fingerprint density at radius 2 is 2.00 bits per heavy atom. The molecule has 0 aromatic heterocycles. The van der Waals surface area contributed by atoms with Gasteiger partial charge in [0.15, 0.2) is 0 Å². The van der Waals surface area contributed by atoms with Crippen molar-refractivity contribution in [2.75, 3.05) is 0 Å². The summed E-state index contributed by atoms with van der Waals surface area (Å²) in [6.45, 7) is 10.6. The molecule has 1 aromatic carbocycles. The van der Waals surface area contributed by atoms with Crippen molar-refractivity contribution in [2.24, 2.45) is 5.92 Å². The van der Waals surface area contributed by atoms with Crippen LogP contribution in [0, 0.1) is 11.7 Å². The Labute approximate surface area is 174 Å². The Bertz CT molecular complexity index is 807. The smallest absolute Gasteiger partial charge is 0.331 e. The third-order valence-corrected chi connectivity index (χ3v) is 6.98. The van der Waals surface area contributed by atoms with Crippen molar-refractivity contribution in [1.82, 2.24) is 0 Å². The van der Waals surface area contributed by atoms with Crippen LogP contribution in [0.5, 0.6) is 5.75 Å². The molecule has 0 saturated heterocycles. The fourth-order valence-corrected chi connectivity index (χ4v) is 5.07. The number of hydrogen-bond donors (Lipinski definition) is 1. The molecule has 0 spiro atoms. The first-order chi connectivity index (χ1) is 13.6. The SMILES string of the molecule is CCCCCCC(C)(C)c1cc(F)c2c(c1)OC(C)(C)[C@@H]1CC=C(C(=O)O)C[C@@H]21. The van der Waals surface area contributed by atoms with Gasteiger partial charge in [-0.05, 0) is 56.2 Å². The standard InChI is InChI=1S/C25H35FO3/c1-6-7-8-9-12-24(2,3)17-14-20(26)22-18-13-16(23(27)28)10-11-19(18)25(4,5)29-21(22)15-17/h10,14-15,18-19H,6-9,11-13H2,1-5H3,(H,27,28)/t18-,19-/m1/s1. The van der Waals surface area contributed by atoms with Crippen molar-refractivity contribution in [3.05, 3.63) is 40.7 Å². The molecule has 29 heavy (non-hydrogen) atoms. The predicted octanol–water partition coefficient (Wildman–Crippen LogP) is 6.75. The number of halogens is 1. The van der Waals surface area contributed by atoms with Crippen molar-refractivity contribution in [3.8, 4) is 5.75 Å². The lowest BCUT2D eigenvalue weighted by Crippen LogP contribution is -2.46. The molecule has 1 N–H and O–H groups in total. The number of aliphatic carboxylic acids is 1. The molecule has 0 saturated carbocycles. The van der Waals surface area contributed by atoms with Crippen LogP contribution in [0.2, 0.25) is 0 Å². The average molecular weight is 403 g/mol. The molecule has 0 unspecified atom stereocenters. The molecule has 0 bridgehead atoms. The first-order valence-corrected chi connectivity index (χ1v) is 11.0. The van der Waals surface area contributed by atoms with E-state index in [0.717, 1.165) is 18.4 Å². The predicted molar refractivity (Wildman–Crippen MR) is 114 cm³/mol. The van der Waals surface area contributed by atoms with E-state index in [0.29, 0.717) is 29.7 Å². The second-order valence-electron chi connectivity index (χ2n) is 9.96. The number of fused-ring (bicyclic) bond motifs is 3. The number of rotatable bonds is 7. The number of allylic oxidation sites excluding steroid dienone is 1. The molecular formula is C25H35FO3. The minimum atomic E-state index is -0.903. The van der Waals surface area contributed by atoms with E-state index < -0.39 is 11.6 Å². The summed E-state index contributed by atoms with van der Waals surface area (Å²) < 4.78 is 21.7. The maximum atomic E-state index is 15.4. The summed E-state index contributed by atoms with van der Waals surface area (Å²) >= 11 is 0. The zero-order chi connectivity index (χ0) is 21.4. The monoisotopic (exact) mass is 402 g/mol. The third-order valence-electron chi connectivity index (χ3n) is 6.98. The van der Waals surface area contributed by atoms with Gasteiger partial charge in [0.2, 0.25) is 0 Å². The summed E-state index contributed by atoms with van der Waals surface area (Å²) in [4.78, 5) is 11.5. The van der Waals surface area contributed by atoms with Gasteiger partial charge in [0.25, 0.3) is 0 Å². The zero-order valence-corrected chi connectivity index (χ0v) is 18.5. The van der Waals surface area contributed by atoms with Gasteiger partial charge in [0.05, 0.1) is 0 Å². The molecular weight excluding hydrogens is 367 g/mol. The van der Waals surface area contributed by atoms with Crippen molar-refractivity contribution >= 4 is 5.97 Å². The van der Waals surface area contributed by atoms with Crippen molar-refractivity contribution in [3.63, 3.8) is 0 Å². The minimum absolute atomic E-state index is 0.0699. The highest BCUT2D eigenvalue weighted by atomic mass is 19.1. The molecule has 1 aromatic rings. The number of hydrogen-bond acceptors (Lipinski definition) is 2. The second-order valence-corrected chi connectivity index (χ2v) is 9.96. The molecule has 0 fully saturated rings. The van der Waals surface area contributed by atoms with E-state index >= 15 is 4.39 Å². The lowest BCUT2D eigenvalue weighted by molar-refractivity contribution is -0.133. The van der Waals surface area contributed by atoms with E-state index in [4.69, 9.17) is 4.74 Å². The van der Waals surface area contributed by atoms with E-state index in [1.54, 1.807) is 12.1 Å². The Kier molecular flexibility index (Phi) is 6.12. The number of carboxylic acids is 1. The van der Waals surface area contributed by atoms with Crippen LogP contribution in [0.3, 0.4) is 0 Å². The summed E-state index contributed by atoms with van der Waals surface area (Å²) in [7, 11) is 0. The lowest BCUT2D eigenvalue weighted by Gasteiger charge is -2.47. The van der Waals surface area contributed by atoms with Gasteiger partial charge in [-0.2, -0.15) is 0 Å². The fourth-order valence-electron chi connectivity index (χ4n) is 5.07. The highest BCUT2D eigenvalue weighted by Crippen LogP contribution is 2.53. The summed E-state index contributed by atoms with van der Waals surface area (Å²) in [5.41, 5.74) is 1.31. The maximum absolute atomic E-state index is 15.4. The molecule has 1 heterocycles. The van der Waals surface area contributed by atoms with Crippen LogP contribution in [0.4, 0.5) is 4.39 Å². The first-order valence-electron chi connectivity index (χ1n) is 11.0.